The Morgan fingerprint density at radius 3 is 2.79 bits per heavy atom. The summed E-state index contributed by atoms with van der Waals surface area (Å²) in [4.78, 5) is 18.3. The molecule has 2 rings (SSSR count). The highest BCUT2D eigenvalue weighted by Gasteiger charge is 2.13. The Bertz CT molecular complexity index is 580. The quantitative estimate of drug-likeness (QED) is 0.788. The first-order chi connectivity index (χ1) is 9.08. The van der Waals surface area contributed by atoms with Gasteiger partial charge in [0.05, 0.1) is 18.1 Å². The smallest absolute Gasteiger partial charge is 0.178 e. The van der Waals surface area contributed by atoms with Crippen LogP contribution in [0.5, 0.6) is 0 Å². The predicted octanol–water partition coefficient (Wildman–Crippen LogP) is 2.39. The molecule has 0 saturated heterocycles. The molecule has 5 heteroatoms. The number of aryl methyl sites for hydroxylation is 1. The van der Waals surface area contributed by atoms with E-state index in [0.717, 1.165) is 5.82 Å². The van der Waals surface area contributed by atoms with Gasteiger partial charge in [-0.1, -0.05) is 23.7 Å². The van der Waals surface area contributed by atoms with Crippen LogP contribution in [0.15, 0.2) is 36.7 Å². The van der Waals surface area contributed by atoms with Gasteiger partial charge in [0.1, 0.15) is 5.82 Å². The minimum atomic E-state index is 0.0160. The molecule has 100 valence electrons. The Balaban J connectivity index is 2.00. The van der Waals surface area contributed by atoms with E-state index in [1.54, 1.807) is 18.3 Å². The molecule has 4 nitrogen and oxygen atoms in total. The van der Waals surface area contributed by atoms with Crippen LogP contribution in [0.4, 0.5) is 0 Å². The summed E-state index contributed by atoms with van der Waals surface area (Å²) in [6.07, 6.45) is 3.64. The van der Waals surface area contributed by atoms with Crippen LogP contribution in [-0.4, -0.2) is 33.8 Å². The van der Waals surface area contributed by atoms with Crippen molar-refractivity contribution in [3.8, 4) is 0 Å². The highest BCUT2D eigenvalue weighted by molar-refractivity contribution is 6.34. The van der Waals surface area contributed by atoms with Gasteiger partial charge in [0.15, 0.2) is 5.78 Å². The maximum absolute atomic E-state index is 12.1. The maximum atomic E-state index is 12.1. The Kier molecular flexibility index (Phi) is 4.35. The topological polar surface area (TPSA) is 38.1 Å². The summed E-state index contributed by atoms with van der Waals surface area (Å²) < 4.78 is 1.94. The van der Waals surface area contributed by atoms with Crippen LogP contribution in [0.1, 0.15) is 16.2 Å². The largest absolute Gasteiger partial charge is 0.337 e. The van der Waals surface area contributed by atoms with E-state index in [0.29, 0.717) is 23.7 Å². The number of ketones is 1. The average Bonchev–Trinajstić information content (AvgIpc) is 2.75. The molecule has 0 aliphatic rings. The molecular formula is C14H16ClN3O. The van der Waals surface area contributed by atoms with E-state index in [1.165, 1.54) is 0 Å². The second kappa shape index (κ2) is 5.99. The van der Waals surface area contributed by atoms with Crippen LogP contribution in [0, 0.1) is 0 Å². The van der Waals surface area contributed by atoms with E-state index < -0.39 is 0 Å². The second-order valence-corrected chi connectivity index (χ2v) is 4.94. The summed E-state index contributed by atoms with van der Waals surface area (Å²) in [5, 5.41) is 0.498. The van der Waals surface area contributed by atoms with Crippen molar-refractivity contribution in [2.75, 3.05) is 13.6 Å². The number of carbonyl (C=O) groups excluding carboxylic acids is 1. The third kappa shape index (κ3) is 3.43. The third-order valence-electron chi connectivity index (χ3n) is 2.92. The molecule has 1 aromatic heterocycles. The maximum Gasteiger partial charge on any atom is 0.178 e. The van der Waals surface area contributed by atoms with Gasteiger partial charge < -0.3 is 4.57 Å². The predicted molar refractivity (Wildman–Crippen MR) is 75.3 cm³/mol. The van der Waals surface area contributed by atoms with Crippen molar-refractivity contribution in [3.05, 3.63) is 53.1 Å². The van der Waals surface area contributed by atoms with E-state index in [2.05, 4.69) is 4.98 Å². The van der Waals surface area contributed by atoms with Crippen molar-refractivity contribution in [2.24, 2.45) is 7.05 Å². The number of Topliss-reactive ketones (excluding diaryl/α,β-unsaturated/α-hetero) is 1. The number of rotatable bonds is 5. The standard InChI is InChI=1S/C14H16ClN3O/c1-17(10-14-16-7-8-18(14)2)9-13(19)11-5-3-4-6-12(11)15/h3-8H,9-10H2,1-2H3. The fraction of sp³-hybridized carbons (Fsp3) is 0.286. The van der Waals surface area contributed by atoms with Gasteiger partial charge in [0, 0.05) is 25.0 Å². The van der Waals surface area contributed by atoms with Crippen molar-refractivity contribution in [2.45, 2.75) is 6.54 Å². The Labute approximate surface area is 117 Å². The van der Waals surface area contributed by atoms with E-state index in [1.807, 2.05) is 41.9 Å². The number of imidazole rings is 1. The summed E-state index contributed by atoms with van der Waals surface area (Å²) >= 11 is 6.01. The van der Waals surface area contributed by atoms with Crippen molar-refractivity contribution in [1.82, 2.24) is 14.5 Å². The molecule has 0 unspecified atom stereocenters. The lowest BCUT2D eigenvalue weighted by atomic mass is 10.1. The molecule has 0 amide bonds. The SMILES string of the molecule is CN(CC(=O)c1ccccc1Cl)Cc1nccn1C. The monoisotopic (exact) mass is 277 g/mol. The summed E-state index contributed by atoms with van der Waals surface area (Å²) in [5.74, 6) is 0.941. The number of hydrogen-bond acceptors (Lipinski definition) is 3. The fourth-order valence-electron chi connectivity index (χ4n) is 1.86. The number of likely N-dealkylation sites (N-methyl/N-ethyl adjacent to an activating group) is 1. The number of halogens is 1. The van der Waals surface area contributed by atoms with Crippen molar-refractivity contribution >= 4 is 17.4 Å². The van der Waals surface area contributed by atoms with Crippen LogP contribution >= 0.6 is 11.6 Å². The van der Waals surface area contributed by atoms with Gasteiger partial charge in [0.25, 0.3) is 0 Å². The lowest BCUT2D eigenvalue weighted by Gasteiger charge is -2.15. The van der Waals surface area contributed by atoms with Crippen LogP contribution in [0.3, 0.4) is 0 Å². The molecule has 0 radical (unpaired) electrons. The minimum Gasteiger partial charge on any atom is -0.337 e. The van der Waals surface area contributed by atoms with E-state index in [4.69, 9.17) is 11.6 Å². The normalized spacial score (nSPS) is 10.9. The Morgan fingerprint density at radius 1 is 1.42 bits per heavy atom. The molecule has 1 aromatic carbocycles. The fourth-order valence-corrected chi connectivity index (χ4v) is 2.10. The van der Waals surface area contributed by atoms with Crippen molar-refractivity contribution < 1.29 is 4.79 Å². The molecule has 0 aliphatic carbocycles. The van der Waals surface area contributed by atoms with Gasteiger partial charge in [-0.25, -0.2) is 4.98 Å². The molecule has 2 aromatic rings. The zero-order chi connectivity index (χ0) is 13.8. The highest BCUT2D eigenvalue weighted by atomic mass is 35.5. The van der Waals surface area contributed by atoms with E-state index >= 15 is 0 Å². The number of aromatic nitrogens is 2. The molecule has 0 atom stereocenters. The number of benzene rings is 1. The number of carbonyl (C=O) groups is 1. The van der Waals surface area contributed by atoms with Gasteiger partial charge >= 0.3 is 0 Å². The number of nitrogens with zero attached hydrogens (tertiary/aromatic N) is 3. The Hall–Kier alpha value is -1.65. The van der Waals surface area contributed by atoms with Crippen LogP contribution < -0.4 is 0 Å². The van der Waals surface area contributed by atoms with Crippen LogP contribution in [0.25, 0.3) is 0 Å². The van der Waals surface area contributed by atoms with Crippen LogP contribution in [-0.2, 0) is 13.6 Å². The van der Waals surface area contributed by atoms with Gasteiger partial charge in [-0.2, -0.15) is 0 Å². The molecule has 0 saturated carbocycles. The molecule has 0 spiro atoms. The second-order valence-electron chi connectivity index (χ2n) is 4.53. The lowest BCUT2D eigenvalue weighted by Crippen LogP contribution is -2.27. The zero-order valence-corrected chi connectivity index (χ0v) is 11.8. The summed E-state index contributed by atoms with van der Waals surface area (Å²) in [6.45, 7) is 0.941. The average molecular weight is 278 g/mol. The molecule has 19 heavy (non-hydrogen) atoms. The highest BCUT2D eigenvalue weighted by Crippen LogP contribution is 2.15. The summed E-state index contributed by atoms with van der Waals surface area (Å²) in [7, 11) is 3.83. The molecule has 0 aliphatic heterocycles. The van der Waals surface area contributed by atoms with Gasteiger partial charge in [0.2, 0.25) is 0 Å². The van der Waals surface area contributed by atoms with E-state index in [-0.39, 0.29) is 5.78 Å². The van der Waals surface area contributed by atoms with Crippen molar-refractivity contribution in [3.63, 3.8) is 0 Å². The molecule has 1 heterocycles. The van der Waals surface area contributed by atoms with Gasteiger partial charge in [-0.05, 0) is 19.2 Å². The first-order valence-electron chi connectivity index (χ1n) is 6.00. The first-order valence-corrected chi connectivity index (χ1v) is 6.38. The Morgan fingerprint density at radius 2 is 2.16 bits per heavy atom. The minimum absolute atomic E-state index is 0.0160. The van der Waals surface area contributed by atoms with Gasteiger partial charge in [-0.15, -0.1) is 0 Å². The molecular weight excluding hydrogens is 262 g/mol. The molecule has 0 bridgehead atoms. The number of hydrogen-bond donors (Lipinski definition) is 0. The zero-order valence-electron chi connectivity index (χ0n) is 11.0. The van der Waals surface area contributed by atoms with E-state index in [9.17, 15) is 4.79 Å². The summed E-state index contributed by atoms with van der Waals surface area (Å²) in [5.41, 5.74) is 0.566. The van der Waals surface area contributed by atoms with Crippen LogP contribution in [0.2, 0.25) is 5.02 Å². The molecule has 0 fully saturated rings. The van der Waals surface area contributed by atoms with Crippen molar-refractivity contribution in [1.29, 1.82) is 0 Å². The van der Waals surface area contributed by atoms with Gasteiger partial charge in [-0.3, -0.25) is 9.69 Å². The third-order valence-corrected chi connectivity index (χ3v) is 3.25. The lowest BCUT2D eigenvalue weighted by molar-refractivity contribution is 0.0941. The summed E-state index contributed by atoms with van der Waals surface area (Å²) in [6, 6.07) is 7.11. The molecule has 0 N–H and O–H groups in total. The first kappa shape index (κ1) is 13.8.